The Morgan fingerprint density at radius 3 is 2.50 bits per heavy atom. The van der Waals surface area contributed by atoms with Gasteiger partial charge < -0.3 is 8.98 Å². The van der Waals surface area contributed by atoms with E-state index in [4.69, 9.17) is 4.42 Å². The molecule has 3 aromatic heterocycles. The van der Waals surface area contributed by atoms with Gasteiger partial charge in [0.1, 0.15) is 12.1 Å². The average molecular weight is 429 g/mol. The number of fused-ring (bicyclic) bond motifs is 1. The molecular formula is C20H20FN5O3S. The number of hydrogen-bond acceptors (Lipinski definition) is 6. The first-order valence-corrected chi connectivity index (χ1v) is 10.3. The van der Waals surface area contributed by atoms with Crippen LogP contribution in [-0.2, 0) is 32.8 Å². The predicted molar refractivity (Wildman–Crippen MR) is 111 cm³/mol. The summed E-state index contributed by atoms with van der Waals surface area (Å²) in [5, 5.41) is 0.545. The van der Waals surface area contributed by atoms with E-state index >= 15 is 0 Å². The highest BCUT2D eigenvalue weighted by Crippen LogP contribution is 2.26. The molecule has 0 bridgehead atoms. The summed E-state index contributed by atoms with van der Waals surface area (Å²) >= 11 is 1.36. The minimum atomic E-state index is -0.448. The molecule has 0 saturated heterocycles. The smallest absolute Gasteiger partial charge is 0.332 e. The van der Waals surface area contributed by atoms with Crippen LogP contribution in [0.15, 0.2) is 49.7 Å². The third kappa shape index (κ3) is 3.58. The molecule has 0 amide bonds. The molecule has 0 saturated carbocycles. The lowest BCUT2D eigenvalue weighted by Gasteiger charge is -2.09. The molecule has 0 fully saturated rings. The van der Waals surface area contributed by atoms with Gasteiger partial charge in [0.15, 0.2) is 16.3 Å². The molecule has 0 atom stereocenters. The number of hydrogen-bond donors (Lipinski definition) is 0. The molecule has 1 aromatic carbocycles. The van der Waals surface area contributed by atoms with Crippen molar-refractivity contribution in [1.82, 2.24) is 23.7 Å². The highest BCUT2D eigenvalue weighted by atomic mass is 32.2. The summed E-state index contributed by atoms with van der Waals surface area (Å²) in [7, 11) is 3.01. The molecule has 3 heterocycles. The fourth-order valence-corrected chi connectivity index (χ4v) is 4.01. The van der Waals surface area contributed by atoms with Gasteiger partial charge in [-0.05, 0) is 24.1 Å². The van der Waals surface area contributed by atoms with E-state index in [2.05, 4.69) is 9.97 Å². The Kier molecular flexibility index (Phi) is 5.33. The number of aryl methyl sites for hydroxylation is 2. The largest absolute Gasteiger partial charge is 0.448 e. The molecule has 0 aliphatic heterocycles. The Hall–Kier alpha value is -3.14. The first kappa shape index (κ1) is 20.1. The van der Waals surface area contributed by atoms with E-state index in [0.29, 0.717) is 34.5 Å². The third-order valence-electron chi connectivity index (χ3n) is 4.85. The van der Waals surface area contributed by atoms with E-state index in [0.717, 1.165) is 22.2 Å². The third-order valence-corrected chi connectivity index (χ3v) is 5.81. The zero-order valence-corrected chi connectivity index (χ0v) is 17.6. The molecule has 4 rings (SSSR count). The quantitative estimate of drug-likeness (QED) is 0.438. The van der Waals surface area contributed by atoms with E-state index in [1.165, 1.54) is 35.5 Å². The second-order valence-electron chi connectivity index (χ2n) is 6.86. The molecule has 0 radical (unpaired) electrons. The number of halogens is 1. The van der Waals surface area contributed by atoms with Crippen molar-refractivity contribution in [2.45, 2.75) is 30.8 Å². The Labute approximate surface area is 175 Å². The van der Waals surface area contributed by atoms with Crippen molar-refractivity contribution in [3.8, 4) is 0 Å². The summed E-state index contributed by atoms with van der Waals surface area (Å²) in [4.78, 5) is 34.2. The van der Waals surface area contributed by atoms with E-state index in [9.17, 15) is 14.0 Å². The van der Waals surface area contributed by atoms with Gasteiger partial charge in [-0.15, -0.1) is 0 Å². The van der Waals surface area contributed by atoms with Crippen molar-refractivity contribution in [1.29, 1.82) is 0 Å². The van der Waals surface area contributed by atoms with Gasteiger partial charge in [0.25, 0.3) is 5.56 Å². The Bertz CT molecular complexity index is 1330. The molecule has 30 heavy (non-hydrogen) atoms. The fourth-order valence-electron chi connectivity index (χ4n) is 3.16. The second-order valence-corrected chi connectivity index (χ2v) is 7.80. The Morgan fingerprint density at radius 1 is 1.10 bits per heavy atom. The fraction of sp³-hybridized carbons (Fsp3) is 0.300. The normalized spacial score (nSPS) is 11.5. The van der Waals surface area contributed by atoms with Crippen LogP contribution in [0.1, 0.15) is 24.1 Å². The van der Waals surface area contributed by atoms with Crippen molar-refractivity contribution in [3.63, 3.8) is 0 Å². The number of nitrogens with zero attached hydrogens (tertiary/aromatic N) is 5. The van der Waals surface area contributed by atoms with E-state index < -0.39 is 11.2 Å². The van der Waals surface area contributed by atoms with Gasteiger partial charge in [-0.25, -0.2) is 19.2 Å². The summed E-state index contributed by atoms with van der Waals surface area (Å²) in [6, 6.07) is 6.05. The number of aromatic nitrogens is 5. The number of benzene rings is 1. The van der Waals surface area contributed by atoms with Crippen LogP contribution in [0.25, 0.3) is 11.2 Å². The number of imidazole rings is 1. The van der Waals surface area contributed by atoms with Gasteiger partial charge in [0, 0.05) is 14.1 Å². The van der Waals surface area contributed by atoms with Crippen LogP contribution in [-0.4, -0.2) is 23.7 Å². The molecule has 156 valence electrons. The molecule has 0 spiro atoms. The SMILES string of the molecule is CCc1coc(CSc2nc3c(c(=O)n(C)c(=O)n3C)n2Cc2ccc(F)cc2)n1. The van der Waals surface area contributed by atoms with Crippen molar-refractivity contribution in [2.75, 3.05) is 0 Å². The highest BCUT2D eigenvalue weighted by Gasteiger charge is 2.20. The maximum Gasteiger partial charge on any atom is 0.332 e. The van der Waals surface area contributed by atoms with E-state index in [-0.39, 0.29) is 5.82 Å². The second kappa shape index (κ2) is 7.94. The van der Waals surface area contributed by atoms with Crippen molar-refractivity contribution in [3.05, 3.63) is 74.3 Å². The van der Waals surface area contributed by atoms with Crippen molar-refractivity contribution < 1.29 is 8.81 Å². The lowest BCUT2D eigenvalue weighted by molar-refractivity contribution is 0.516. The first-order chi connectivity index (χ1) is 14.4. The van der Waals surface area contributed by atoms with E-state index in [1.54, 1.807) is 30.0 Å². The maximum atomic E-state index is 13.3. The number of rotatable bonds is 6. The molecule has 0 unspecified atom stereocenters. The van der Waals surface area contributed by atoms with Crippen LogP contribution in [0.4, 0.5) is 4.39 Å². The van der Waals surface area contributed by atoms with Crippen LogP contribution in [0.5, 0.6) is 0 Å². The minimum absolute atomic E-state index is 0.300. The zero-order valence-electron chi connectivity index (χ0n) is 16.8. The molecule has 8 nitrogen and oxygen atoms in total. The molecule has 10 heteroatoms. The summed E-state index contributed by atoms with van der Waals surface area (Å²) in [5.74, 6) is 0.637. The van der Waals surface area contributed by atoms with Gasteiger partial charge in [0.05, 0.1) is 18.0 Å². The summed E-state index contributed by atoms with van der Waals surface area (Å²) in [5.41, 5.74) is 1.40. The van der Waals surface area contributed by atoms with Gasteiger partial charge in [-0.3, -0.25) is 13.9 Å². The lowest BCUT2D eigenvalue weighted by Crippen LogP contribution is -2.37. The number of thioether (sulfide) groups is 1. The molecule has 0 aliphatic carbocycles. The van der Waals surface area contributed by atoms with Crippen LogP contribution in [0, 0.1) is 5.82 Å². The van der Waals surface area contributed by atoms with Crippen molar-refractivity contribution >= 4 is 22.9 Å². The lowest BCUT2D eigenvalue weighted by atomic mass is 10.2. The summed E-state index contributed by atoms with van der Waals surface area (Å²) in [6.07, 6.45) is 2.40. The first-order valence-electron chi connectivity index (χ1n) is 9.35. The summed E-state index contributed by atoms with van der Waals surface area (Å²) in [6.45, 7) is 2.30. The van der Waals surface area contributed by atoms with Gasteiger partial charge in [-0.1, -0.05) is 30.8 Å². The molecule has 4 aromatic rings. The van der Waals surface area contributed by atoms with Crippen LogP contribution >= 0.6 is 11.8 Å². The van der Waals surface area contributed by atoms with Gasteiger partial charge in [0.2, 0.25) is 5.89 Å². The van der Waals surface area contributed by atoms with Crippen LogP contribution in [0.2, 0.25) is 0 Å². The van der Waals surface area contributed by atoms with Crippen LogP contribution in [0.3, 0.4) is 0 Å². The average Bonchev–Trinajstić information content (AvgIpc) is 3.35. The monoisotopic (exact) mass is 429 g/mol. The maximum absolute atomic E-state index is 13.3. The molecular weight excluding hydrogens is 409 g/mol. The van der Waals surface area contributed by atoms with Crippen LogP contribution < -0.4 is 11.2 Å². The Balaban J connectivity index is 1.81. The highest BCUT2D eigenvalue weighted by molar-refractivity contribution is 7.98. The number of oxazole rings is 1. The van der Waals surface area contributed by atoms with Crippen molar-refractivity contribution in [2.24, 2.45) is 14.1 Å². The summed E-state index contributed by atoms with van der Waals surface area (Å²) < 4.78 is 23.0. The standard InChI is InChI=1S/C20H20FN5O3S/c1-4-14-10-29-15(22-14)11-30-19-23-17-16(18(27)25(3)20(28)24(17)2)26(19)9-12-5-7-13(21)8-6-12/h5-8,10H,4,9,11H2,1-3H3. The molecule has 0 aliphatic rings. The Morgan fingerprint density at radius 2 is 1.83 bits per heavy atom. The van der Waals surface area contributed by atoms with E-state index in [1.807, 2.05) is 6.92 Å². The minimum Gasteiger partial charge on any atom is -0.448 e. The topological polar surface area (TPSA) is 87.9 Å². The van der Waals surface area contributed by atoms with Gasteiger partial charge in [-0.2, -0.15) is 0 Å². The van der Waals surface area contributed by atoms with Gasteiger partial charge >= 0.3 is 5.69 Å². The molecule has 0 N–H and O–H groups in total. The predicted octanol–water partition coefficient (Wildman–Crippen LogP) is 2.46. The zero-order chi connectivity index (χ0) is 21.4.